The summed E-state index contributed by atoms with van der Waals surface area (Å²) in [7, 11) is 6.15. The molecule has 1 aromatic heterocycles. The molecule has 13 nitrogen and oxygen atoms in total. The molecule has 6 N–H and O–H groups in total. The van der Waals surface area contributed by atoms with Gasteiger partial charge < -0.3 is 45.6 Å². The van der Waals surface area contributed by atoms with Crippen molar-refractivity contribution in [2.75, 3.05) is 52.2 Å². The number of hydrogen-bond acceptors (Lipinski definition) is 9. The Kier molecular flexibility index (Phi) is 14.1. The van der Waals surface area contributed by atoms with E-state index < -0.39 is 11.2 Å². The first-order chi connectivity index (χ1) is 28.6. The van der Waals surface area contributed by atoms with Crippen molar-refractivity contribution in [1.82, 2.24) is 15.3 Å². The van der Waals surface area contributed by atoms with E-state index in [2.05, 4.69) is 39.8 Å². The van der Waals surface area contributed by atoms with Crippen molar-refractivity contribution >= 4 is 40.1 Å². The smallest absolute Gasteiger partial charge is 0.287 e. The van der Waals surface area contributed by atoms with E-state index in [0.717, 1.165) is 16.8 Å². The molecule has 0 saturated heterocycles. The van der Waals surface area contributed by atoms with Gasteiger partial charge in [-0.2, -0.15) is 0 Å². The molecular weight excluding hydrogens is 768 g/mol. The number of carbonyl (C=O) groups is 3. The van der Waals surface area contributed by atoms with Gasteiger partial charge in [-0.25, -0.2) is 9.37 Å². The highest BCUT2D eigenvalue weighted by Crippen LogP contribution is 2.30. The number of methoxy groups -OCH3 is 4. The molecule has 0 unspecified atom stereocenters. The number of imidazole rings is 1. The van der Waals surface area contributed by atoms with Gasteiger partial charge in [0.2, 0.25) is 0 Å². The highest BCUT2D eigenvalue weighted by atomic mass is 19.1. The quantitative estimate of drug-likeness (QED) is 0.0732. The summed E-state index contributed by atoms with van der Waals surface area (Å²) >= 11 is 0. The number of nitrogens with zero attached hydrogens (tertiary/aromatic N) is 1. The molecule has 0 fully saturated rings. The Morgan fingerprint density at radius 1 is 0.617 bits per heavy atom. The normalized spacial score (nSPS) is 11.2. The Hall–Kier alpha value is -6.93. The van der Waals surface area contributed by atoms with E-state index in [0.29, 0.717) is 63.9 Å². The molecule has 6 aromatic rings. The number of ether oxygens (including phenoxy) is 4. The summed E-state index contributed by atoms with van der Waals surface area (Å²) in [6, 6.07) is 29.3. The third kappa shape index (κ3) is 10.8. The van der Waals surface area contributed by atoms with Gasteiger partial charge in [-0.15, -0.1) is 0 Å². The van der Waals surface area contributed by atoms with Crippen LogP contribution in [0.4, 0.5) is 15.8 Å². The summed E-state index contributed by atoms with van der Waals surface area (Å²) < 4.78 is 34.3. The van der Waals surface area contributed by atoms with Crippen molar-refractivity contribution in [2.24, 2.45) is 5.73 Å². The Morgan fingerprint density at radius 2 is 1.08 bits per heavy atom. The molecule has 0 atom stereocenters. The average molecular weight is 819 g/mol. The molecule has 3 amide bonds. The van der Waals surface area contributed by atoms with Crippen molar-refractivity contribution in [3.63, 3.8) is 0 Å². The largest absolute Gasteiger partial charge is 0.493 e. The van der Waals surface area contributed by atoms with Gasteiger partial charge in [0.05, 0.1) is 39.5 Å². The monoisotopic (exact) mass is 818 g/mol. The lowest BCUT2D eigenvalue weighted by molar-refractivity contribution is 0.0935. The van der Waals surface area contributed by atoms with Crippen molar-refractivity contribution in [3.05, 3.63) is 137 Å². The fourth-order valence-electron chi connectivity index (χ4n) is 6.07. The van der Waals surface area contributed by atoms with Crippen LogP contribution in [0.2, 0.25) is 0 Å². The van der Waals surface area contributed by atoms with Gasteiger partial charge in [-0.1, -0.05) is 52.0 Å². The zero-order valence-electron chi connectivity index (χ0n) is 35.0. The molecule has 1 heterocycles. The molecule has 60 heavy (non-hydrogen) atoms. The maximum Gasteiger partial charge on any atom is 0.287 e. The van der Waals surface area contributed by atoms with Gasteiger partial charge >= 0.3 is 0 Å². The second-order valence-electron chi connectivity index (χ2n) is 15.1. The fourth-order valence-corrected chi connectivity index (χ4v) is 6.07. The van der Waals surface area contributed by atoms with Gasteiger partial charge in [0, 0.05) is 46.4 Å². The van der Waals surface area contributed by atoms with E-state index in [1.54, 1.807) is 43.5 Å². The lowest BCUT2D eigenvalue weighted by Gasteiger charge is -2.25. The van der Waals surface area contributed by atoms with E-state index in [1.165, 1.54) is 39.5 Å². The van der Waals surface area contributed by atoms with Gasteiger partial charge in [-0.05, 0) is 90.0 Å². The van der Waals surface area contributed by atoms with E-state index in [1.807, 2.05) is 62.4 Å². The first kappa shape index (κ1) is 44.2. The van der Waals surface area contributed by atoms with Crippen molar-refractivity contribution < 1.29 is 37.7 Å². The number of anilines is 2. The second-order valence-corrected chi connectivity index (χ2v) is 15.1. The molecule has 314 valence electrons. The van der Waals surface area contributed by atoms with E-state index in [9.17, 15) is 18.8 Å². The highest BCUT2D eigenvalue weighted by Gasteiger charge is 2.23. The third-order valence-electron chi connectivity index (χ3n) is 10.0. The lowest BCUT2D eigenvalue weighted by Crippen LogP contribution is -2.37. The molecule has 0 radical (unpaired) electrons. The summed E-state index contributed by atoms with van der Waals surface area (Å²) in [5.74, 6) is 0.983. The maximum atomic E-state index is 13.4. The van der Waals surface area contributed by atoms with Crippen LogP contribution in [0.15, 0.2) is 103 Å². The Labute approximate surface area is 348 Å². The average Bonchev–Trinajstić information content (AvgIpc) is 3.69. The molecular formula is C46H51FN6O7. The number of nitrogens with two attached hydrogens (primary N) is 1. The zero-order valence-corrected chi connectivity index (χ0v) is 35.0. The number of H-pyrrole nitrogens is 1. The first-order valence-corrected chi connectivity index (χ1v) is 19.0. The second kappa shape index (κ2) is 19.2. The third-order valence-corrected chi connectivity index (χ3v) is 10.0. The van der Waals surface area contributed by atoms with Crippen LogP contribution in [-0.4, -0.2) is 69.2 Å². The fraction of sp³-hybridized carbons (Fsp3) is 0.261. The summed E-state index contributed by atoms with van der Waals surface area (Å²) in [6.07, 6.45) is 0. The molecule has 0 aliphatic carbocycles. The maximum absolute atomic E-state index is 13.4. The number of carbonyl (C=O) groups excluding carboxylic acids is 3. The molecule has 0 bridgehead atoms. The number of rotatable bonds is 14. The Morgan fingerprint density at radius 3 is 1.53 bits per heavy atom. The van der Waals surface area contributed by atoms with Crippen LogP contribution in [0.25, 0.3) is 11.0 Å². The predicted molar refractivity (Wildman–Crippen MR) is 231 cm³/mol. The van der Waals surface area contributed by atoms with Crippen LogP contribution in [-0.2, 0) is 10.8 Å². The SMILES string of the molecule is COc1ccc(C(=O)Nc2ccc(C(C)(C)CN)cc2)cc1OC.COc1ccc(C(=O)Nc2ccc(C(C)(C)CNC(=O)c3nc4ccc(F)cc4[nH]3)cc2)cc1OC. The topological polar surface area (TPSA) is 179 Å². The summed E-state index contributed by atoms with van der Waals surface area (Å²) in [5, 5.41) is 8.63. The predicted octanol–water partition coefficient (Wildman–Crippen LogP) is 7.87. The molecule has 6 rings (SSSR count). The molecule has 0 aliphatic rings. The van der Waals surface area contributed by atoms with Gasteiger partial charge in [0.25, 0.3) is 17.7 Å². The van der Waals surface area contributed by atoms with E-state index in [-0.39, 0.29) is 29.0 Å². The van der Waals surface area contributed by atoms with E-state index in [4.69, 9.17) is 24.7 Å². The number of amides is 3. The van der Waals surface area contributed by atoms with Crippen LogP contribution in [0.5, 0.6) is 23.0 Å². The van der Waals surface area contributed by atoms with Crippen LogP contribution in [0.1, 0.15) is 70.2 Å². The standard InChI is InChI=1S/C27H27FN4O4.C19H24N2O3/c1-27(2,15-29-26(34)24-31-20-11-8-18(28)14-21(20)32-24)17-6-9-19(10-7-17)30-25(33)16-5-12-22(35-3)23(13-16)36-4;1-19(2,12-20)14-6-8-15(9-7-14)21-18(22)13-5-10-16(23-3)17(11-13)24-4/h5-14H,15H2,1-4H3,(H,29,34)(H,30,33)(H,31,32);5-11H,12,20H2,1-4H3,(H,21,22). The number of fused-ring (bicyclic) bond motifs is 1. The minimum absolute atomic E-state index is 0.0914. The molecule has 0 aliphatic heterocycles. The Bertz CT molecular complexity index is 2450. The van der Waals surface area contributed by atoms with Gasteiger partial charge in [0.1, 0.15) is 5.82 Å². The van der Waals surface area contributed by atoms with E-state index >= 15 is 0 Å². The summed E-state index contributed by atoms with van der Waals surface area (Å²) in [6.45, 7) is 9.07. The molecule has 14 heteroatoms. The summed E-state index contributed by atoms with van der Waals surface area (Å²) in [4.78, 5) is 44.7. The minimum Gasteiger partial charge on any atom is -0.493 e. The number of aromatic nitrogens is 2. The van der Waals surface area contributed by atoms with Gasteiger partial charge in [0.15, 0.2) is 28.8 Å². The van der Waals surface area contributed by atoms with Crippen LogP contribution >= 0.6 is 0 Å². The van der Waals surface area contributed by atoms with Crippen molar-refractivity contribution in [2.45, 2.75) is 38.5 Å². The highest BCUT2D eigenvalue weighted by molar-refractivity contribution is 6.05. The van der Waals surface area contributed by atoms with Crippen LogP contribution in [0.3, 0.4) is 0 Å². The van der Waals surface area contributed by atoms with Crippen LogP contribution in [0, 0.1) is 5.82 Å². The minimum atomic E-state index is -0.403. The number of nitrogens with one attached hydrogen (secondary N) is 4. The molecule has 5 aromatic carbocycles. The lowest BCUT2D eigenvalue weighted by atomic mass is 9.84. The number of aromatic amines is 1. The Balaban J connectivity index is 0.000000247. The van der Waals surface area contributed by atoms with Gasteiger partial charge in [-0.3, -0.25) is 14.4 Å². The number of benzene rings is 5. The molecule has 0 saturated carbocycles. The first-order valence-electron chi connectivity index (χ1n) is 19.0. The van der Waals surface area contributed by atoms with Crippen molar-refractivity contribution in [3.8, 4) is 23.0 Å². The summed E-state index contributed by atoms with van der Waals surface area (Å²) in [5.41, 5.74) is 10.7. The van der Waals surface area contributed by atoms with Crippen molar-refractivity contribution in [1.29, 1.82) is 0 Å². The van der Waals surface area contributed by atoms with Crippen LogP contribution < -0.4 is 40.6 Å². The zero-order chi connectivity index (χ0) is 43.6. The number of halogens is 1. The molecule has 0 spiro atoms. The number of hydrogen-bond donors (Lipinski definition) is 5.